The summed E-state index contributed by atoms with van der Waals surface area (Å²) < 4.78 is 5.48. The number of rotatable bonds is 0. The molecule has 0 spiro atoms. The molecule has 2 N–H and O–H groups in total. The van der Waals surface area contributed by atoms with Crippen molar-refractivity contribution < 1.29 is 19.7 Å². The maximum Gasteiger partial charge on any atom is 0.334 e. The van der Waals surface area contributed by atoms with Crippen molar-refractivity contribution in [3.8, 4) is 0 Å². The summed E-state index contributed by atoms with van der Waals surface area (Å²) in [6.07, 6.45) is 1.42. The Labute approximate surface area is 112 Å². The molecule has 1 aliphatic heterocycles. The Balaban J connectivity index is 2.08. The van der Waals surface area contributed by atoms with Crippen molar-refractivity contribution in [2.75, 3.05) is 0 Å². The topological polar surface area (TPSA) is 66.8 Å². The van der Waals surface area contributed by atoms with Crippen molar-refractivity contribution in [1.82, 2.24) is 0 Å². The molecule has 1 saturated heterocycles. The monoisotopic (exact) mass is 264 g/mol. The van der Waals surface area contributed by atoms with E-state index in [1.54, 1.807) is 0 Å². The summed E-state index contributed by atoms with van der Waals surface area (Å²) in [6.45, 7) is 7.67. The molecule has 4 heteroatoms. The summed E-state index contributed by atoms with van der Waals surface area (Å²) in [4.78, 5) is 11.7. The molecule has 0 aromatic carbocycles. The Morgan fingerprint density at radius 1 is 1.42 bits per heavy atom. The quantitative estimate of drug-likeness (QED) is 0.392. The van der Waals surface area contributed by atoms with Crippen LogP contribution < -0.4 is 0 Å². The molecule has 1 heterocycles. The number of esters is 1. The van der Waals surface area contributed by atoms with E-state index < -0.39 is 17.6 Å². The standard InChI is InChI=1S/C15H20O4/c1-7-4-5-10(16)15(3)11(17)6-9-8(2)14(18)19-13(9)12(7)15/h4,9-13,16-17H,2,5-6H2,1,3H3. The Bertz CT molecular complexity index is 481. The van der Waals surface area contributed by atoms with Gasteiger partial charge in [-0.05, 0) is 19.8 Å². The van der Waals surface area contributed by atoms with Gasteiger partial charge in [-0.1, -0.05) is 25.2 Å². The van der Waals surface area contributed by atoms with Crippen molar-refractivity contribution in [3.63, 3.8) is 0 Å². The van der Waals surface area contributed by atoms with Crippen LogP contribution >= 0.6 is 0 Å². The van der Waals surface area contributed by atoms with Crippen molar-refractivity contribution in [3.05, 3.63) is 23.8 Å². The number of fused-ring (bicyclic) bond motifs is 3. The normalized spacial score (nSPS) is 49.3. The number of aliphatic hydroxyl groups is 2. The maximum atomic E-state index is 11.7. The summed E-state index contributed by atoms with van der Waals surface area (Å²) in [5, 5.41) is 20.8. The molecule has 19 heavy (non-hydrogen) atoms. The van der Waals surface area contributed by atoms with Crippen molar-refractivity contribution >= 4 is 5.97 Å². The third kappa shape index (κ3) is 1.50. The lowest BCUT2D eigenvalue weighted by Crippen LogP contribution is -2.59. The fourth-order valence-corrected chi connectivity index (χ4v) is 4.12. The minimum Gasteiger partial charge on any atom is -0.458 e. The van der Waals surface area contributed by atoms with Crippen LogP contribution in [0.25, 0.3) is 0 Å². The molecule has 0 radical (unpaired) electrons. The summed E-state index contributed by atoms with van der Waals surface area (Å²) in [6, 6.07) is 0. The van der Waals surface area contributed by atoms with Gasteiger partial charge in [0, 0.05) is 22.8 Å². The predicted molar refractivity (Wildman–Crippen MR) is 69.1 cm³/mol. The van der Waals surface area contributed by atoms with Crippen LogP contribution in [0.5, 0.6) is 0 Å². The van der Waals surface area contributed by atoms with Crippen LogP contribution in [0.4, 0.5) is 0 Å². The Morgan fingerprint density at radius 2 is 2.11 bits per heavy atom. The Morgan fingerprint density at radius 3 is 2.79 bits per heavy atom. The fourth-order valence-electron chi connectivity index (χ4n) is 4.12. The molecule has 0 aromatic heterocycles. The average Bonchev–Trinajstić information content (AvgIpc) is 2.62. The molecule has 6 unspecified atom stereocenters. The lowest BCUT2D eigenvalue weighted by atomic mass is 9.54. The first-order valence-electron chi connectivity index (χ1n) is 6.80. The molecule has 3 rings (SSSR count). The highest BCUT2D eigenvalue weighted by Crippen LogP contribution is 2.56. The van der Waals surface area contributed by atoms with Crippen LogP contribution in [0.1, 0.15) is 26.7 Å². The molecule has 0 bridgehead atoms. The highest BCUT2D eigenvalue weighted by atomic mass is 16.6. The third-order valence-electron chi connectivity index (χ3n) is 5.41. The number of aliphatic hydroxyl groups excluding tert-OH is 2. The average molecular weight is 264 g/mol. The van der Waals surface area contributed by atoms with E-state index in [4.69, 9.17) is 4.74 Å². The van der Waals surface area contributed by atoms with Gasteiger partial charge in [-0.25, -0.2) is 4.79 Å². The molecule has 2 fully saturated rings. The van der Waals surface area contributed by atoms with Crippen molar-refractivity contribution in [2.24, 2.45) is 17.3 Å². The summed E-state index contributed by atoms with van der Waals surface area (Å²) >= 11 is 0. The van der Waals surface area contributed by atoms with E-state index in [0.29, 0.717) is 18.4 Å². The number of carbonyl (C=O) groups excluding carboxylic acids is 1. The van der Waals surface area contributed by atoms with Gasteiger partial charge in [0.25, 0.3) is 0 Å². The van der Waals surface area contributed by atoms with Gasteiger partial charge in [0.15, 0.2) is 0 Å². The molecule has 6 atom stereocenters. The van der Waals surface area contributed by atoms with Crippen LogP contribution in [0.2, 0.25) is 0 Å². The molecule has 2 aliphatic carbocycles. The van der Waals surface area contributed by atoms with E-state index in [0.717, 1.165) is 5.57 Å². The summed E-state index contributed by atoms with van der Waals surface area (Å²) in [5.74, 6) is -0.623. The van der Waals surface area contributed by atoms with Crippen LogP contribution in [0.15, 0.2) is 23.8 Å². The number of hydrogen-bond acceptors (Lipinski definition) is 4. The zero-order valence-corrected chi connectivity index (χ0v) is 11.3. The number of ether oxygens (including phenoxy) is 1. The third-order valence-corrected chi connectivity index (χ3v) is 5.41. The molecular formula is C15H20O4. The van der Waals surface area contributed by atoms with Gasteiger partial charge >= 0.3 is 5.97 Å². The molecule has 0 aromatic rings. The highest BCUT2D eigenvalue weighted by molar-refractivity contribution is 5.91. The maximum absolute atomic E-state index is 11.7. The van der Waals surface area contributed by atoms with Gasteiger partial charge in [0.1, 0.15) is 6.10 Å². The zero-order chi connectivity index (χ0) is 13.9. The molecular weight excluding hydrogens is 244 g/mol. The SMILES string of the molecule is C=C1C(=O)OC2C1CC(O)C1(C)C(O)CC=C(C)C21. The van der Waals surface area contributed by atoms with E-state index >= 15 is 0 Å². The molecule has 0 amide bonds. The first-order chi connectivity index (χ1) is 8.87. The van der Waals surface area contributed by atoms with E-state index in [2.05, 4.69) is 6.58 Å². The van der Waals surface area contributed by atoms with E-state index in [1.807, 2.05) is 19.9 Å². The summed E-state index contributed by atoms with van der Waals surface area (Å²) in [5.41, 5.74) is 0.897. The predicted octanol–water partition coefficient (Wildman–Crippen LogP) is 1.18. The lowest BCUT2D eigenvalue weighted by molar-refractivity contribution is -0.169. The summed E-state index contributed by atoms with van der Waals surface area (Å²) in [7, 11) is 0. The second-order valence-corrected chi connectivity index (χ2v) is 6.30. The van der Waals surface area contributed by atoms with Crippen LogP contribution in [-0.4, -0.2) is 34.5 Å². The minimum atomic E-state index is -0.649. The first kappa shape index (κ1) is 12.9. The fraction of sp³-hybridized carbons (Fsp3) is 0.667. The number of hydrogen-bond donors (Lipinski definition) is 2. The van der Waals surface area contributed by atoms with Crippen LogP contribution in [-0.2, 0) is 9.53 Å². The molecule has 3 aliphatic rings. The highest BCUT2D eigenvalue weighted by Gasteiger charge is 2.61. The van der Waals surface area contributed by atoms with Crippen LogP contribution in [0.3, 0.4) is 0 Å². The minimum absolute atomic E-state index is 0.130. The van der Waals surface area contributed by atoms with E-state index in [-0.39, 0.29) is 23.9 Å². The van der Waals surface area contributed by atoms with Gasteiger partial charge < -0.3 is 14.9 Å². The smallest absolute Gasteiger partial charge is 0.334 e. The Hall–Kier alpha value is -1.13. The molecule has 4 nitrogen and oxygen atoms in total. The molecule has 104 valence electrons. The number of carbonyl (C=O) groups is 1. The van der Waals surface area contributed by atoms with Gasteiger partial charge in [0.05, 0.1) is 12.2 Å². The van der Waals surface area contributed by atoms with Gasteiger partial charge in [0.2, 0.25) is 0 Å². The Kier molecular flexibility index (Phi) is 2.67. The van der Waals surface area contributed by atoms with Gasteiger partial charge in [-0.15, -0.1) is 0 Å². The lowest BCUT2D eigenvalue weighted by Gasteiger charge is -2.53. The van der Waals surface area contributed by atoms with Crippen molar-refractivity contribution in [2.45, 2.75) is 45.0 Å². The largest absolute Gasteiger partial charge is 0.458 e. The second-order valence-electron chi connectivity index (χ2n) is 6.30. The van der Waals surface area contributed by atoms with Gasteiger partial charge in [-0.3, -0.25) is 0 Å². The van der Waals surface area contributed by atoms with E-state index in [9.17, 15) is 15.0 Å². The van der Waals surface area contributed by atoms with Crippen molar-refractivity contribution in [1.29, 1.82) is 0 Å². The first-order valence-corrected chi connectivity index (χ1v) is 6.80. The van der Waals surface area contributed by atoms with E-state index in [1.165, 1.54) is 0 Å². The van der Waals surface area contributed by atoms with Gasteiger partial charge in [-0.2, -0.15) is 0 Å². The second kappa shape index (κ2) is 3.93. The zero-order valence-electron chi connectivity index (χ0n) is 11.3. The van der Waals surface area contributed by atoms with Crippen LogP contribution in [0, 0.1) is 17.3 Å². The molecule has 1 saturated carbocycles.